The maximum Gasteiger partial charge on any atom is 0.248 e. The van der Waals surface area contributed by atoms with E-state index in [-0.39, 0.29) is 12.0 Å². The average molecular weight is 492 g/mol. The second-order valence-corrected chi connectivity index (χ2v) is 8.72. The molecule has 3 aromatic rings. The number of amides is 1. The number of nitrogens with one attached hydrogen (secondary N) is 2. The van der Waals surface area contributed by atoms with Crippen LogP contribution in [-0.4, -0.2) is 60.7 Å². The molecule has 4 rings (SSSR count). The number of hydrogen-bond donors (Lipinski definition) is 2. The van der Waals surface area contributed by atoms with Crippen LogP contribution < -0.4 is 15.4 Å². The van der Waals surface area contributed by atoms with Gasteiger partial charge >= 0.3 is 0 Å². The molecule has 0 saturated carbocycles. The molecule has 2 aromatic carbocycles. The SMILES string of the molecule is C#Cc1cc(Nc2ncnc3cc(O[C@H]4CCOC4)c(NC(=O)/C=C/CN(C)C)cc23)ccc1Cl. The molecule has 35 heavy (non-hydrogen) atoms. The van der Waals surface area contributed by atoms with E-state index in [4.69, 9.17) is 27.5 Å². The Hall–Kier alpha value is -3.64. The number of terminal acetylenes is 1. The van der Waals surface area contributed by atoms with E-state index in [1.165, 1.54) is 12.4 Å². The van der Waals surface area contributed by atoms with Gasteiger partial charge in [0.25, 0.3) is 0 Å². The number of halogens is 1. The molecule has 0 aliphatic carbocycles. The first-order valence-corrected chi connectivity index (χ1v) is 11.5. The summed E-state index contributed by atoms with van der Waals surface area (Å²) in [6, 6.07) is 8.91. The lowest BCUT2D eigenvalue weighted by Crippen LogP contribution is -2.18. The molecule has 180 valence electrons. The van der Waals surface area contributed by atoms with Crippen LogP contribution in [0.1, 0.15) is 12.0 Å². The van der Waals surface area contributed by atoms with E-state index in [9.17, 15) is 4.79 Å². The quantitative estimate of drug-likeness (QED) is 0.360. The van der Waals surface area contributed by atoms with E-state index in [1.54, 1.807) is 30.3 Å². The van der Waals surface area contributed by atoms with E-state index in [1.807, 2.05) is 25.1 Å². The summed E-state index contributed by atoms with van der Waals surface area (Å²) in [5, 5.41) is 7.40. The summed E-state index contributed by atoms with van der Waals surface area (Å²) >= 11 is 6.14. The molecule has 0 spiro atoms. The van der Waals surface area contributed by atoms with Gasteiger partial charge in [-0.1, -0.05) is 23.6 Å². The molecule has 8 nitrogen and oxygen atoms in total. The van der Waals surface area contributed by atoms with Crippen molar-refractivity contribution < 1.29 is 14.3 Å². The lowest BCUT2D eigenvalue weighted by molar-refractivity contribution is -0.111. The molecule has 1 atom stereocenters. The van der Waals surface area contributed by atoms with Crippen LogP contribution in [0.3, 0.4) is 0 Å². The summed E-state index contributed by atoms with van der Waals surface area (Å²) in [4.78, 5) is 23.4. The zero-order chi connectivity index (χ0) is 24.8. The van der Waals surface area contributed by atoms with Gasteiger partial charge in [0.05, 0.1) is 29.4 Å². The molecule has 0 bridgehead atoms. The van der Waals surface area contributed by atoms with Crippen LogP contribution in [0, 0.1) is 12.3 Å². The van der Waals surface area contributed by atoms with Gasteiger partial charge in [0.2, 0.25) is 5.91 Å². The molecule has 1 fully saturated rings. The number of rotatable bonds is 8. The van der Waals surface area contributed by atoms with Crippen LogP contribution in [0.2, 0.25) is 5.02 Å². The molecule has 2 heterocycles. The Morgan fingerprint density at radius 2 is 2.20 bits per heavy atom. The number of likely N-dealkylation sites (N-methyl/N-ethyl adjacent to an activating group) is 1. The predicted molar refractivity (Wildman–Crippen MR) is 138 cm³/mol. The molecular weight excluding hydrogens is 466 g/mol. The van der Waals surface area contributed by atoms with Gasteiger partial charge < -0.3 is 25.0 Å². The van der Waals surface area contributed by atoms with E-state index in [2.05, 4.69) is 26.5 Å². The molecule has 1 aliphatic heterocycles. The van der Waals surface area contributed by atoms with E-state index < -0.39 is 0 Å². The average Bonchev–Trinajstić information content (AvgIpc) is 3.34. The van der Waals surface area contributed by atoms with Crippen LogP contribution in [0.15, 0.2) is 48.8 Å². The third kappa shape index (κ3) is 6.28. The molecule has 0 radical (unpaired) electrons. The number of carbonyl (C=O) groups is 1. The Morgan fingerprint density at radius 3 is 2.94 bits per heavy atom. The summed E-state index contributed by atoms with van der Waals surface area (Å²) in [7, 11) is 3.87. The summed E-state index contributed by atoms with van der Waals surface area (Å²) in [5.74, 6) is 3.38. The summed E-state index contributed by atoms with van der Waals surface area (Å²) in [6.07, 6.45) is 11.0. The van der Waals surface area contributed by atoms with Gasteiger partial charge in [-0.2, -0.15) is 0 Å². The van der Waals surface area contributed by atoms with Crippen molar-refractivity contribution in [3.8, 4) is 18.1 Å². The minimum absolute atomic E-state index is 0.0944. The van der Waals surface area contributed by atoms with Crippen molar-refractivity contribution >= 4 is 45.6 Å². The summed E-state index contributed by atoms with van der Waals surface area (Å²) < 4.78 is 11.6. The van der Waals surface area contributed by atoms with Gasteiger partial charge in [0.1, 0.15) is 24.0 Å². The summed E-state index contributed by atoms with van der Waals surface area (Å²) in [6.45, 7) is 1.79. The number of fused-ring (bicyclic) bond motifs is 1. The zero-order valence-electron chi connectivity index (χ0n) is 19.5. The highest BCUT2D eigenvalue weighted by Gasteiger charge is 2.20. The van der Waals surface area contributed by atoms with Gasteiger partial charge in [-0.25, -0.2) is 9.97 Å². The first-order chi connectivity index (χ1) is 16.9. The van der Waals surface area contributed by atoms with Crippen LogP contribution >= 0.6 is 11.6 Å². The number of carbonyl (C=O) groups excluding carboxylic acids is 1. The van der Waals surface area contributed by atoms with Gasteiger partial charge in [-0.15, -0.1) is 6.42 Å². The Labute approximate surface area is 209 Å². The smallest absolute Gasteiger partial charge is 0.248 e. The second-order valence-electron chi connectivity index (χ2n) is 8.31. The monoisotopic (exact) mass is 491 g/mol. The lowest BCUT2D eigenvalue weighted by atomic mass is 10.1. The highest BCUT2D eigenvalue weighted by Crippen LogP contribution is 2.35. The predicted octanol–water partition coefficient (Wildman–Crippen LogP) is 4.23. The van der Waals surface area contributed by atoms with Crippen LogP contribution in [-0.2, 0) is 9.53 Å². The fourth-order valence-electron chi connectivity index (χ4n) is 3.56. The maximum atomic E-state index is 12.6. The van der Waals surface area contributed by atoms with Gasteiger partial charge in [-0.05, 0) is 38.4 Å². The third-order valence-electron chi connectivity index (χ3n) is 5.30. The molecule has 2 N–H and O–H groups in total. The number of nitrogens with zero attached hydrogens (tertiary/aromatic N) is 3. The number of benzene rings is 2. The van der Waals surface area contributed by atoms with E-state index in [0.29, 0.717) is 58.5 Å². The van der Waals surface area contributed by atoms with Gasteiger partial charge in [-0.3, -0.25) is 4.79 Å². The first kappa shape index (κ1) is 24.5. The van der Waals surface area contributed by atoms with Crippen molar-refractivity contribution in [2.24, 2.45) is 0 Å². The molecule has 9 heteroatoms. The fraction of sp³-hybridized carbons (Fsp3) is 0.269. The molecule has 0 unspecified atom stereocenters. The van der Waals surface area contributed by atoms with Crippen LogP contribution in [0.25, 0.3) is 10.9 Å². The highest BCUT2D eigenvalue weighted by atomic mass is 35.5. The highest BCUT2D eigenvalue weighted by molar-refractivity contribution is 6.31. The minimum atomic E-state index is -0.263. The Balaban J connectivity index is 1.69. The number of ether oxygens (including phenoxy) is 2. The molecule has 1 aliphatic rings. The lowest BCUT2D eigenvalue weighted by Gasteiger charge is -2.17. The Morgan fingerprint density at radius 1 is 1.34 bits per heavy atom. The molecule has 1 aromatic heterocycles. The second kappa shape index (κ2) is 11.2. The van der Waals surface area contributed by atoms with Crippen LogP contribution in [0.5, 0.6) is 5.75 Å². The molecular formula is C26H26ClN5O3. The Kier molecular flexibility index (Phi) is 7.83. The molecule has 1 amide bonds. The zero-order valence-corrected chi connectivity index (χ0v) is 20.3. The Bertz CT molecular complexity index is 1300. The number of aromatic nitrogens is 2. The first-order valence-electron chi connectivity index (χ1n) is 11.1. The van der Waals surface area contributed by atoms with Crippen molar-refractivity contribution in [1.29, 1.82) is 0 Å². The normalized spacial score (nSPS) is 15.5. The number of hydrogen-bond acceptors (Lipinski definition) is 7. The minimum Gasteiger partial charge on any atom is -0.486 e. The van der Waals surface area contributed by atoms with Gasteiger partial charge in [0.15, 0.2) is 0 Å². The topological polar surface area (TPSA) is 88.6 Å². The fourth-order valence-corrected chi connectivity index (χ4v) is 3.73. The maximum absolute atomic E-state index is 12.6. The van der Waals surface area contributed by atoms with Crippen molar-refractivity contribution in [2.45, 2.75) is 12.5 Å². The van der Waals surface area contributed by atoms with Crippen molar-refractivity contribution in [3.63, 3.8) is 0 Å². The molecule has 1 saturated heterocycles. The van der Waals surface area contributed by atoms with Crippen LogP contribution in [0.4, 0.5) is 17.2 Å². The van der Waals surface area contributed by atoms with Crippen molar-refractivity contribution in [1.82, 2.24) is 14.9 Å². The third-order valence-corrected chi connectivity index (χ3v) is 5.63. The largest absolute Gasteiger partial charge is 0.486 e. The summed E-state index contributed by atoms with van der Waals surface area (Å²) in [5.41, 5.74) is 2.47. The standard InChI is InChI=1S/C26H26ClN5O3/c1-4-17-12-18(7-8-21(17)27)30-26-20-13-23(31-25(33)6-5-10-32(2)3)24(14-22(20)28-16-29-26)35-19-9-11-34-15-19/h1,5-8,12-14,16,19H,9-11,15H2,2-3H3,(H,31,33)(H,28,29,30)/b6-5+/t19-/m0/s1. The van der Waals surface area contributed by atoms with E-state index >= 15 is 0 Å². The number of anilines is 3. The van der Waals surface area contributed by atoms with Gasteiger partial charge in [0, 0.05) is 41.7 Å². The van der Waals surface area contributed by atoms with E-state index in [0.717, 1.165) is 12.1 Å². The van der Waals surface area contributed by atoms with Crippen molar-refractivity contribution in [2.75, 3.05) is 44.5 Å². The van der Waals surface area contributed by atoms with Crippen molar-refractivity contribution in [3.05, 3.63) is 59.4 Å².